The van der Waals surface area contributed by atoms with E-state index in [1.807, 2.05) is 35.2 Å². The van der Waals surface area contributed by atoms with Crippen molar-refractivity contribution in [2.75, 3.05) is 6.54 Å². The summed E-state index contributed by atoms with van der Waals surface area (Å²) in [6.45, 7) is 0.812. The van der Waals surface area contributed by atoms with Gasteiger partial charge in [-0.1, -0.05) is 30.3 Å². The van der Waals surface area contributed by atoms with Gasteiger partial charge in [-0.3, -0.25) is 4.79 Å². The largest absolute Gasteiger partial charge is 0.327 e. The Morgan fingerprint density at radius 3 is 2.75 bits per heavy atom. The van der Waals surface area contributed by atoms with Gasteiger partial charge < -0.3 is 10.6 Å². The summed E-state index contributed by atoms with van der Waals surface area (Å²) in [5.41, 5.74) is 7.00. The smallest absolute Gasteiger partial charge is 0.228 e. The molecule has 0 radical (unpaired) electrons. The van der Waals surface area contributed by atoms with Gasteiger partial charge in [0.2, 0.25) is 5.91 Å². The predicted molar refractivity (Wildman–Crippen MR) is 63.7 cm³/mol. The number of nitrogens with zero attached hydrogens (tertiary/aromatic N) is 1. The van der Waals surface area contributed by atoms with E-state index in [0.29, 0.717) is 6.42 Å². The van der Waals surface area contributed by atoms with Crippen molar-refractivity contribution in [3.05, 3.63) is 35.9 Å². The molecule has 3 heteroatoms. The van der Waals surface area contributed by atoms with Crippen LogP contribution in [0.3, 0.4) is 0 Å². The summed E-state index contributed by atoms with van der Waals surface area (Å²) < 4.78 is 0. The first-order valence-electron chi connectivity index (χ1n) is 5.86. The number of nitrogens with two attached hydrogens (primary N) is 1. The first kappa shape index (κ1) is 11.1. The van der Waals surface area contributed by atoms with Crippen LogP contribution in [-0.2, 0) is 11.2 Å². The van der Waals surface area contributed by atoms with Gasteiger partial charge in [0.05, 0.1) is 12.6 Å². The zero-order chi connectivity index (χ0) is 11.4. The molecular formula is C13H18N2O. The molecular weight excluding hydrogens is 200 g/mol. The van der Waals surface area contributed by atoms with E-state index in [9.17, 15) is 4.79 Å². The van der Waals surface area contributed by atoms with Gasteiger partial charge in [-0.2, -0.15) is 0 Å². The van der Waals surface area contributed by atoms with Crippen molar-refractivity contribution in [2.45, 2.75) is 31.8 Å². The van der Waals surface area contributed by atoms with Crippen LogP contribution < -0.4 is 5.73 Å². The highest BCUT2D eigenvalue weighted by atomic mass is 16.2. The Kier molecular flexibility index (Phi) is 3.57. The van der Waals surface area contributed by atoms with E-state index in [2.05, 4.69) is 0 Å². The maximum Gasteiger partial charge on any atom is 0.228 e. The second-order valence-corrected chi connectivity index (χ2v) is 4.31. The van der Waals surface area contributed by atoms with Crippen molar-refractivity contribution >= 4 is 5.91 Å². The van der Waals surface area contributed by atoms with Crippen LogP contribution in [0.5, 0.6) is 0 Å². The van der Waals surface area contributed by atoms with Crippen molar-refractivity contribution in [1.29, 1.82) is 0 Å². The fourth-order valence-corrected chi connectivity index (χ4v) is 2.14. The Morgan fingerprint density at radius 1 is 1.31 bits per heavy atom. The van der Waals surface area contributed by atoms with E-state index < -0.39 is 0 Å². The summed E-state index contributed by atoms with van der Waals surface area (Å²) in [6, 6.07) is 9.83. The van der Waals surface area contributed by atoms with Gasteiger partial charge in [0.15, 0.2) is 0 Å². The lowest BCUT2D eigenvalue weighted by molar-refractivity contribution is -0.133. The number of hydrogen-bond acceptors (Lipinski definition) is 2. The van der Waals surface area contributed by atoms with E-state index in [-0.39, 0.29) is 12.1 Å². The Balaban J connectivity index is 1.97. The molecule has 1 amide bonds. The highest BCUT2D eigenvalue weighted by molar-refractivity contribution is 5.79. The van der Waals surface area contributed by atoms with Crippen molar-refractivity contribution in [2.24, 2.45) is 5.73 Å². The van der Waals surface area contributed by atoms with Crippen molar-refractivity contribution in [3.8, 4) is 0 Å². The minimum absolute atomic E-state index is 0.0787. The van der Waals surface area contributed by atoms with Crippen LogP contribution in [0.15, 0.2) is 30.3 Å². The number of carbonyl (C=O) groups is 1. The van der Waals surface area contributed by atoms with E-state index in [4.69, 9.17) is 5.73 Å². The lowest BCUT2D eigenvalue weighted by Gasteiger charge is -2.33. The van der Waals surface area contributed by atoms with E-state index in [1.165, 1.54) is 0 Å². The molecule has 0 spiro atoms. The molecule has 1 aromatic carbocycles. The van der Waals surface area contributed by atoms with E-state index >= 15 is 0 Å². The van der Waals surface area contributed by atoms with Gasteiger partial charge in [0, 0.05) is 6.54 Å². The molecule has 3 nitrogen and oxygen atoms in total. The molecule has 1 aromatic rings. The molecule has 1 aliphatic rings. The van der Waals surface area contributed by atoms with Crippen molar-refractivity contribution in [1.82, 2.24) is 4.90 Å². The first-order valence-corrected chi connectivity index (χ1v) is 5.86. The van der Waals surface area contributed by atoms with Crippen molar-refractivity contribution in [3.63, 3.8) is 0 Å². The predicted octanol–water partition coefficient (Wildman–Crippen LogP) is 1.53. The minimum atomic E-state index is -0.0787. The topological polar surface area (TPSA) is 46.3 Å². The quantitative estimate of drug-likeness (QED) is 0.818. The summed E-state index contributed by atoms with van der Waals surface area (Å²) in [4.78, 5) is 13.8. The Bertz CT molecular complexity index is 350. The molecule has 1 aliphatic heterocycles. The molecule has 0 bridgehead atoms. The number of benzene rings is 1. The number of likely N-dealkylation sites (tertiary alicyclic amines) is 1. The molecule has 1 heterocycles. The average molecular weight is 218 g/mol. The molecule has 1 saturated heterocycles. The summed E-state index contributed by atoms with van der Waals surface area (Å²) in [6.07, 6.45) is 3.53. The molecule has 86 valence electrons. The van der Waals surface area contributed by atoms with Gasteiger partial charge in [-0.15, -0.1) is 0 Å². The molecule has 1 fully saturated rings. The second kappa shape index (κ2) is 5.12. The van der Waals surface area contributed by atoms with Crippen molar-refractivity contribution < 1.29 is 4.79 Å². The molecule has 0 aliphatic carbocycles. The third kappa shape index (κ3) is 2.61. The molecule has 2 N–H and O–H groups in total. The lowest BCUT2D eigenvalue weighted by Crippen LogP contribution is -2.49. The summed E-state index contributed by atoms with van der Waals surface area (Å²) in [5.74, 6) is 0.151. The van der Waals surface area contributed by atoms with Gasteiger partial charge in [-0.05, 0) is 24.8 Å². The van der Waals surface area contributed by atoms with Crippen LogP contribution in [0.4, 0.5) is 0 Å². The monoisotopic (exact) mass is 218 g/mol. The Labute approximate surface area is 96.2 Å². The summed E-state index contributed by atoms with van der Waals surface area (Å²) in [5, 5.41) is 0. The lowest BCUT2D eigenvalue weighted by atomic mass is 10.1. The summed E-state index contributed by atoms with van der Waals surface area (Å²) in [7, 11) is 0. The fraction of sp³-hybridized carbons (Fsp3) is 0.462. The van der Waals surface area contributed by atoms with Gasteiger partial charge in [0.25, 0.3) is 0 Å². The number of rotatable bonds is 2. The minimum Gasteiger partial charge on any atom is -0.327 e. The highest BCUT2D eigenvalue weighted by Crippen LogP contribution is 2.14. The third-order valence-corrected chi connectivity index (χ3v) is 3.07. The van der Waals surface area contributed by atoms with Crippen LogP contribution in [0.2, 0.25) is 0 Å². The van der Waals surface area contributed by atoms with Crippen LogP contribution in [0.25, 0.3) is 0 Å². The number of piperidine rings is 1. The van der Waals surface area contributed by atoms with Gasteiger partial charge in [0.1, 0.15) is 0 Å². The Morgan fingerprint density at radius 2 is 2.06 bits per heavy atom. The van der Waals surface area contributed by atoms with Crippen LogP contribution in [0.1, 0.15) is 24.8 Å². The molecule has 0 saturated carbocycles. The molecule has 1 atom stereocenters. The maximum atomic E-state index is 12.0. The zero-order valence-corrected chi connectivity index (χ0v) is 9.43. The molecule has 0 aromatic heterocycles. The van der Waals surface area contributed by atoms with Crippen LogP contribution in [-0.4, -0.2) is 23.5 Å². The first-order chi connectivity index (χ1) is 7.77. The maximum absolute atomic E-state index is 12.0. The Hall–Kier alpha value is -1.35. The average Bonchev–Trinajstić information content (AvgIpc) is 2.31. The SMILES string of the molecule is NC1CCCCN1C(=O)Cc1ccccc1. The zero-order valence-electron chi connectivity index (χ0n) is 9.43. The van der Waals surface area contributed by atoms with Crippen LogP contribution >= 0.6 is 0 Å². The molecule has 1 unspecified atom stereocenters. The highest BCUT2D eigenvalue weighted by Gasteiger charge is 2.23. The van der Waals surface area contributed by atoms with Gasteiger partial charge >= 0.3 is 0 Å². The van der Waals surface area contributed by atoms with Gasteiger partial charge in [-0.25, -0.2) is 0 Å². The molecule has 16 heavy (non-hydrogen) atoms. The number of amides is 1. The fourth-order valence-electron chi connectivity index (χ4n) is 2.14. The normalized spacial score (nSPS) is 20.8. The number of carbonyl (C=O) groups excluding carboxylic acids is 1. The molecule has 2 rings (SSSR count). The van der Waals surface area contributed by atoms with Crippen LogP contribution in [0, 0.1) is 0 Å². The van der Waals surface area contributed by atoms with E-state index in [0.717, 1.165) is 31.4 Å². The van der Waals surface area contributed by atoms with E-state index in [1.54, 1.807) is 0 Å². The second-order valence-electron chi connectivity index (χ2n) is 4.31. The summed E-state index contributed by atoms with van der Waals surface area (Å²) >= 11 is 0. The number of hydrogen-bond donors (Lipinski definition) is 1. The standard InChI is InChI=1S/C13H18N2O/c14-12-8-4-5-9-15(12)13(16)10-11-6-2-1-3-7-11/h1-3,6-7,12H,4-5,8-10,14H2. The third-order valence-electron chi connectivity index (χ3n) is 3.07.